The Morgan fingerprint density at radius 3 is 2.67 bits per heavy atom. The molecule has 0 radical (unpaired) electrons. The van der Waals surface area contributed by atoms with Crippen molar-refractivity contribution in [2.45, 2.75) is 0 Å². The second kappa shape index (κ2) is 5.95. The Bertz CT molecular complexity index is 1060. The molecule has 0 atom stereocenters. The molecule has 0 bridgehead atoms. The summed E-state index contributed by atoms with van der Waals surface area (Å²) in [5.74, 6) is 0.119. The van der Waals surface area contributed by atoms with Crippen LogP contribution in [0.2, 0.25) is 0 Å². The van der Waals surface area contributed by atoms with Crippen LogP contribution in [0.15, 0.2) is 51.7 Å². The molecule has 0 aliphatic carbocycles. The molecule has 0 aliphatic heterocycles. The number of pyridine rings is 1. The van der Waals surface area contributed by atoms with Gasteiger partial charge >= 0.3 is 0 Å². The molecule has 0 saturated heterocycles. The van der Waals surface area contributed by atoms with Crippen LogP contribution in [0.3, 0.4) is 0 Å². The molecule has 0 saturated carbocycles. The van der Waals surface area contributed by atoms with Crippen molar-refractivity contribution in [2.75, 3.05) is 5.73 Å². The standard InChI is InChI=1S/C16H10Br2N6/c17-8-4-5-11-9(6-8)10(7-20-11)14-15(23-24-16(19)22-14)12-2-1-3-13(18)21-12/h1-7,20H,(H2,19,22,24). The topological polar surface area (TPSA) is 93.4 Å². The number of hydrogen-bond donors (Lipinski definition) is 2. The highest BCUT2D eigenvalue weighted by Gasteiger charge is 2.17. The fraction of sp³-hybridized carbons (Fsp3) is 0. The lowest BCUT2D eigenvalue weighted by Crippen LogP contribution is -2.03. The Kier molecular flexibility index (Phi) is 3.78. The van der Waals surface area contributed by atoms with Crippen molar-refractivity contribution in [1.82, 2.24) is 25.1 Å². The summed E-state index contributed by atoms with van der Waals surface area (Å²) in [7, 11) is 0. The van der Waals surface area contributed by atoms with Crippen molar-refractivity contribution in [1.29, 1.82) is 0 Å². The number of H-pyrrole nitrogens is 1. The molecule has 4 aromatic rings. The van der Waals surface area contributed by atoms with E-state index in [1.165, 1.54) is 0 Å². The quantitative estimate of drug-likeness (QED) is 0.451. The minimum atomic E-state index is 0.119. The molecule has 118 valence electrons. The lowest BCUT2D eigenvalue weighted by Gasteiger charge is -2.07. The maximum Gasteiger partial charge on any atom is 0.240 e. The predicted octanol–water partition coefficient (Wildman–Crippen LogP) is 4.19. The second-order valence-corrected chi connectivity index (χ2v) is 6.83. The van der Waals surface area contributed by atoms with Gasteiger partial charge in [0.2, 0.25) is 5.95 Å². The van der Waals surface area contributed by atoms with Gasteiger partial charge in [-0.25, -0.2) is 9.97 Å². The van der Waals surface area contributed by atoms with E-state index in [4.69, 9.17) is 5.73 Å². The van der Waals surface area contributed by atoms with E-state index in [0.29, 0.717) is 21.7 Å². The maximum atomic E-state index is 5.78. The molecule has 24 heavy (non-hydrogen) atoms. The molecule has 8 heteroatoms. The van der Waals surface area contributed by atoms with Crippen molar-refractivity contribution in [2.24, 2.45) is 0 Å². The molecule has 0 amide bonds. The molecule has 4 rings (SSSR count). The van der Waals surface area contributed by atoms with Gasteiger partial charge in [-0.2, -0.15) is 0 Å². The third-order valence-corrected chi connectivity index (χ3v) is 4.49. The smallest absolute Gasteiger partial charge is 0.240 e. The molecular formula is C16H10Br2N6. The molecule has 3 aromatic heterocycles. The van der Waals surface area contributed by atoms with E-state index in [2.05, 4.69) is 57.0 Å². The van der Waals surface area contributed by atoms with Gasteiger partial charge in [0.25, 0.3) is 0 Å². The number of anilines is 1. The van der Waals surface area contributed by atoms with Gasteiger partial charge in [0, 0.05) is 27.1 Å². The molecular weight excluding hydrogens is 436 g/mol. The van der Waals surface area contributed by atoms with E-state index in [9.17, 15) is 0 Å². The summed E-state index contributed by atoms with van der Waals surface area (Å²) in [6.45, 7) is 0. The van der Waals surface area contributed by atoms with Gasteiger partial charge in [-0.1, -0.05) is 22.0 Å². The van der Waals surface area contributed by atoms with E-state index in [-0.39, 0.29) is 5.95 Å². The maximum absolute atomic E-state index is 5.78. The third kappa shape index (κ3) is 2.67. The van der Waals surface area contributed by atoms with Crippen molar-refractivity contribution in [3.05, 3.63) is 51.7 Å². The molecule has 3 N–H and O–H groups in total. The van der Waals surface area contributed by atoms with E-state index >= 15 is 0 Å². The zero-order valence-electron chi connectivity index (χ0n) is 12.2. The van der Waals surface area contributed by atoms with Crippen LogP contribution in [0.4, 0.5) is 5.95 Å². The highest BCUT2D eigenvalue weighted by Crippen LogP contribution is 2.34. The zero-order valence-corrected chi connectivity index (χ0v) is 15.3. The number of nitrogens with zero attached hydrogens (tertiary/aromatic N) is 4. The molecule has 6 nitrogen and oxygen atoms in total. The molecule has 0 fully saturated rings. The lowest BCUT2D eigenvalue weighted by molar-refractivity contribution is 0.989. The molecule has 0 aliphatic rings. The van der Waals surface area contributed by atoms with Crippen LogP contribution in [-0.4, -0.2) is 25.1 Å². The fourth-order valence-electron chi connectivity index (χ4n) is 2.53. The van der Waals surface area contributed by atoms with Crippen LogP contribution in [0.25, 0.3) is 33.5 Å². The van der Waals surface area contributed by atoms with E-state index in [0.717, 1.165) is 20.9 Å². The first-order valence-corrected chi connectivity index (χ1v) is 8.60. The first-order chi connectivity index (χ1) is 11.6. The van der Waals surface area contributed by atoms with Crippen molar-refractivity contribution in [3.8, 4) is 22.6 Å². The number of nitrogens with two attached hydrogens (primary N) is 1. The normalized spacial score (nSPS) is 11.1. The van der Waals surface area contributed by atoms with Crippen LogP contribution in [0, 0.1) is 0 Å². The summed E-state index contributed by atoms with van der Waals surface area (Å²) < 4.78 is 1.69. The third-order valence-electron chi connectivity index (χ3n) is 3.56. The first-order valence-electron chi connectivity index (χ1n) is 7.02. The number of nitrogen functional groups attached to an aromatic ring is 1. The Labute approximate surface area is 153 Å². The molecule has 1 aromatic carbocycles. The highest BCUT2D eigenvalue weighted by molar-refractivity contribution is 9.10. The average Bonchev–Trinajstić information content (AvgIpc) is 2.97. The number of rotatable bonds is 2. The monoisotopic (exact) mass is 444 g/mol. The summed E-state index contributed by atoms with van der Waals surface area (Å²) in [5.41, 5.74) is 9.56. The van der Waals surface area contributed by atoms with Crippen molar-refractivity contribution < 1.29 is 0 Å². The van der Waals surface area contributed by atoms with Gasteiger partial charge in [0.1, 0.15) is 16.0 Å². The lowest BCUT2D eigenvalue weighted by atomic mass is 10.1. The second-order valence-electron chi connectivity index (χ2n) is 5.11. The van der Waals surface area contributed by atoms with Crippen LogP contribution < -0.4 is 5.73 Å². The molecule has 3 heterocycles. The van der Waals surface area contributed by atoms with Gasteiger partial charge in [0.05, 0.1) is 5.69 Å². The van der Waals surface area contributed by atoms with Crippen molar-refractivity contribution >= 4 is 48.7 Å². The summed E-state index contributed by atoms with van der Waals surface area (Å²) in [4.78, 5) is 12.1. The van der Waals surface area contributed by atoms with Gasteiger partial charge in [-0.05, 0) is 46.3 Å². The van der Waals surface area contributed by atoms with Crippen LogP contribution in [-0.2, 0) is 0 Å². The predicted molar refractivity (Wildman–Crippen MR) is 100 cm³/mol. The first kappa shape index (κ1) is 15.2. The number of aromatic amines is 1. The summed E-state index contributed by atoms with van der Waals surface area (Å²) in [6.07, 6.45) is 1.89. The Morgan fingerprint density at radius 2 is 1.83 bits per heavy atom. The summed E-state index contributed by atoms with van der Waals surface area (Å²) >= 11 is 6.89. The number of hydrogen-bond acceptors (Lipinski definition) is 5. The number of aromatic nitrogens is 5. The van der Waals surface area contributed by atoms with E-state index in [1.54, 1.807) is 0 Å². The number of benzene rings is 1. The minimum Gasteiger partial charge on any atom is -0.366 e. The average molecular weight is 446 g/mol. The summed E-state index contributed by atoms with van der Waals surface area (Å²) in [5, 5.41) is 9.14. The number of fused-ring (bicyclic) bond motifs is 1. The van der Waals surface area contributed by atoms with Crippen LogP contribution in [0.1, 0.15) is 0 Å². The summed E-state index contributed by atoms with van der Waals surface area (Å²) in [6, 6.07) is 11.6. The van der Waals surface area contributed by atoms with Crippen LogP contribution >= 0.6 is 31.9 Å². The molecule has 0 unspecified atom stereocenters. The van der Waals surface area contributed by atoms with Crippen LogP contribution in [0.5, 0.6) is 0 Å². The van der Waals surface area contributed by atoms with Crippen molar-refractivity contribution in [3.63, 3.8) is 0 Å². The van der Waals surface area contributed by atoms with Gasteiger partial charge in [0.15, 0.2) is 0 Å². The SMILES string of the molecule is Nc1nnc(-c2cccc(Br)n2)c(-c2c[nH]c3ccc(Br)cc23)n1. The fourth-order valence-corrected chi connectivity index (χ4v) is 3.23. The largest absolute Gasteiger partial charge is 0.366 e. The number of nitrogens with one attached hydrogen (secondary N) is 1. The Morgan fingerprint density at radius 1 is 0.958 bits per heavy atom. The van der Waals surface area contributed by atoms with Gasteiger partial charge in [-0.3, -0.25) is 0 Å². The van der Waals surface area contributed by atoms with E-state index < -0.39 is 0 Å². The Balaban J connectivity index is 2.00. The van der Waals surface area contributed by atoms with Gasteiger partial charge in [-0.15, -0.1) is 10.2 Å². The van der Waals surface area contributed by atoms with Gasteiger partial charge < -0.3 is 10.7 Å². The highest BCUT2D eigenvalue weighted by atomic mass is 79.9. The van der Waals surface area contributed by atoms with E-state index in [1.807, 2.05) is 42.6 Å². The zero-order chi connectivity index (χ0) is 16.7. The number of halogens is 2. The Hall–Kier alpha value is -2.32. The minimum absolute atomic E-state index is 0.119. The molecule has 0 spiro atoms.